The maximum Gasteiger partial charge on any atom is 0.124 e. The van der Waals surface area contributed by atoms with E-state index in [0.29, 0.717) is 12.6 Å². The van der Waals surface area contributed by atoms with Crippen LogP contribution in [0.5, 0.6) is 5.75 Å². The quantitative estimate of drug-likeness (QED) is 0.788. The Labute approximate surface area is 145 Å². The molecule has 0 aromatic heterocycles. The van der Waals surface area contributed by atoms with Gasteiger partial charge in [0.05, 0.1) is 12.6 Å². The predicted octanol–water partition coefficient (Wildman–Crippen LogP) is 4.41. The summed E-state index contributed by atoms with van der Waals surface area (Å²) in [5.74, 6) is 0.259. The fourth-order valence-electron chi connectivity index (χ4n) is 3.04. The summed E-state index contributed by atoms with van der Waals surface area (Å²) < 4.78 is 0.941. The number of benzene rings is 2. The summed E-state index contributed by atoms with van der Waals surface area (Å²) >= 11 is 3.43. The molecule has 0 spiro atoms. The van der Waals surface area contributed by atoms with Crippen LogP contribution in [-0.4, -0.2) is 35.9 Å². The molecule has 1 saturated heterocycles. The molecular weight excluding hydrogens is 352 g/mol. The summed E-state index contributed by atoms with van der Waals surface area (Å²) in [6, 6.07) is 16.3. The first-order valence-electron chi connectivity index (χ1n) is 8.01. The zero-order valence-electron chi connectivity index (χ0n) is 13.0. The van der Waals surface area contributed by atoms with Gasteiger partial charge in [-0.2, -0.15) is 0 Å². The highest BCUT2D eigenvalue weighted by molar-refractivity contribution is 9.10. The van der Waals surface area contributed by atoms with E-state index < -0.39 is 0 Å². The molecule has 120 valence electrons. The SMILES string of the molecule is Oc1ccc(Br)cc1C=NC[C@@H](c1ccccc1)N1CCCC1. The molecule has 1 atom stereocenters. The summed E-state index contributed by atoms with van der Waals surface area (Å²) in [7, 11) is 0. The predicted molar refractivity (Wildman–Crippen MR) is 98.3 cm³/mol. The van der Waals surface area contributed by atoms with Gasteiger partial charge in [-0.1, -0.05) is 46.3 Å². The first kappa shape index (κ1) is 16.2. The van der Waals surface area contributed by atoms with Crippen molar-refractivity contribution in [3.63, 3.8) is 0 Å². The van der Waals surface area contributed by atoms with Gasteiger partial charge in [0, 0.05) is 16.3 Å². The number of hydrogen-bond donors (Lipinski definition) is 1. The molecule has 1 aliphatic heterocycles. The van der Waals surface area contributed by atoms with E-state index >= 15 is 0 Å². The van der Waals surface area contributed by atoms with Crippen LogP contribution in [0.2, 0.25) is 0 Å². The fraction of sp³-hybridized carbons (Fsp3) is 0.316. The third-order valence-corrected chi connectivity index (χ3v) is 4.76. The molecule has 0 saturated carbocycles. The number of phenolic OH excluding ortho intramolecular Hbond substituents is 1. The van der Waals surface area contributed by atoms with Crippen LogP contribution < -0.4 is 0 Å². The van der Waals surface area contributed by atoms with E-state index in [0.717, 1.165) is 23.1 Å². The fourth-order valence-corrected chi connectivity index (χ4v) is 3.42. The van der Waals surface area contributed by atoms with Gasteiger partial charge in [0.15, 0.2) is 0 Å². The van der Waals surface area contributed by atoms with E-state index in [1.807, 2.05) is 18.2 Å². The number of phenols is 1. The first-order chi connectivity index (χ1) is 11.2. The van der Waals surface area contributed by atoms with Gasteiger partial charge < -0.3 is 5.11 Å². The number of halogens is 1. The van der Waals surface area contributed by atoms with E-state index in [9.17, 15) is 5.11 Å². The van der Waals surface area contributed by atoms with Crippen LogP contribution in [0.1, 0.15) is 30.0 Å². The van der Waals surface area contributed by atoms with E-state index in [4.69, 9.17) is 0 Å². The molecule has 0 unspecified atom stereocenters. The Bertz CT molecular complexity index is 666. The van der Waals surface area contributed by atoms with Crippen LogP contribution in [0.15, 0.2) is 58.0 Å². The highest BCUT2D eigenvalue weighted by Gasteiger charge is 2.22. The second kappa shape index (κ2) is 7.75. The summed E-state index contributed by atoms with van der Waals surface area (Å²) in [6.45, 7) is 2.98. The minimum atomic E-state index is 0.259. The Hall–Kier alpha value is -1.65. The Kier molecular flexibility index (Phi) is 5.47. The van der Waals surface area contributed by atoms with Crippen molar-refractivity contribution in [2.24, 2.45) is 4.99 Å². The molecule has 0 amide bonds. The van der Waals surface area contributed by atoms with Crippen molar-refractivity contribution < 1.29 is 5.11 Å². The summed E-state index contributed by atoms with van der Waals surface area (Å²) in [5, 5.41) is 9.91. The second-order valence-corrected chi connectivity index (χ2v) is 6.78. The molecular formula is C19H21BrN2O. The number of hydrogen-bond acceptors (Lipinski definition) is 3. The topological polar surface area (TPSA) is 35.8 Å². The molecule has 0 aliphatic carbocycles. The lowest BCUT2D eigenvalue weighted by Gasteiger charge is -2.26. The maximum atomic E-state index is 9.91. The molecule has 2 aromatic rings. The normalized spacial score (nSPS) is 16.9. The number of aliphatic imine (C=N–C) groups is 1. The van der Waals surface area contributed by atoms with Crippen molar-refractivity contribution >= 4 is 22.1 Å². The van der Waals surface area contributed by atoms with Gasteiger partial charge in [0.25, 0.3) is 0 Å². The summed E-state index contributed by atoms with van der Waals surface area (Å²) in [4.78, 5) is 7.12. The van der Waals surface area contributed by atoms with Crippen LogP contribution in [0.3, 0.4) is 0 Å². The second-order valence-electron chi connectivity index (χ2n) is 5.87. The third kappa shape index (κ3) is 4.21. The number of likely N-dealkylation sites (tertiary alicyclic amines) is 1. The van der Waals surface area contributed by atoms with Gasteiger partial charge in [-0.3, -0.25) is 9.89 Å². The summed E-state index contributed by atoms with van der Waals surface area (Å²) in [5.41, 5.74) is 2.05. The molecule has 1 heterocycles. The van der Waals surface area contributed by atoms with Gasteiger partial charge in [0.2, 0.25) is 0 Å². The lowest BCUT2D eigenvalue weighted by molar-refractivity contribution is 0.252. The van der Waals surface area contributed by atoms with Crippen molar-refractivity contribution in [3.05, 3.63) is 64.1 Å². The standard InChI is InChI=1S/C19H21BrN2O/c20-17-8-9-19(23)16(12-17)13-21-14-18(22-10-4-5-11-22)15-6-2-1-3-7-15/h1-3,6-9,12-13,18,23H,4-5,10-11,14H2/t18-/m0/s1. The molecule has 4 heteroatoms. The van der Waals surface area contributed by atoms with E-state index in [1.165, 1.54) is 18.4 Å². The van der Waals surface area contributed by atoms with Crippen molar-refractivity contribution in [2.75, 3.05) is 19.6 Å². The Morgan fingerprint density at radius 1 is 1.13 bits per heavy atom. The Balaban J connectivity index is 1.76. The van der Waals surface area contributed by atoms with Crippen LogP contribution in [0.25, 0.3) is 0 Å². The van der Waals surface area contributed by atoms with Crippen molar-refractivity contribution in [3.8, 4) is 5.75 Å². The first-order valence-corrected chi connectivity index (χ1v) is 8.80. The minimum Gasteiger partial charge on any atom is -0.507 e. The zero-order valence-corrected chi connectivity index (χ0v) is 14.6. The third-order valence-electron chi connectivity index (χ3n) is 4.26. The van der Waals surface area contributed by atoms with E-state index in [2.05, 4.69) is 50.1 Å². The molecule has 1 fully saturated rings. The number of nitrogens with zero attached hydrogens (tertiary/aromatic N) is 2. The largest absolute Gasteiger partial charge is 0.507 e. The number of aromatic hydroxyl groups is 1. The van der Waals surface area contributed by atoms with Crippen LogP contribution in [0.4, 0.5) is 0 Å². The van der Waals surface area contributed by atoms with E-state index in [1.54, 1.807) is 12.3 Å². The highest BCUT2D eigenvalue weighted by Crippen LogP contribution is 2.26. The molecule has 3 rings (SSSR count). The Morgan fingerprint density at radius 2 is 1.87 bits per heavy atom. The minimum absolute atomic E-state index is 0.259. The molecule has 1 aliphatic rings. The highest BCUT2D eigenvalue weighted by atomic mass is 79.9. The molecule has 0 bridgehead atoms. The van der Waals surface area contributed by atoms with Crippen molar-refractivity contribution in [1.29, 1.82) is 0 Å². The van der Waals surface area contributed by atoms with Crippen molar-refractivity contribution in [2.45, 2.75) is 18.9 Å². The van der Waals surface area contributed by atoms with E-state index in [-0.39, 0.29) is 5.75 Å². The molecule has 3 nitrogen and oxygen atoms in total. The van der Waals surface area contributed by atoms with Gasteiger partial charge in [-0.25, -0.2) is 0 Å². The van der Waals surface area contributed by atoms with Crippen LogP contribution in [0, 0.1) is 0 Å². The maximum absolute atomic E-state index is 9.91. The van der Waals surface area contributed by atoms with Crippen molar-refractivity contribution in [1.82, 2.24) is 4.90 Å². The number of rotatable bonds is 5. The lowest BCUT2D eigenvalue weighted by atomic mass is 10.1. The molecule has 23 heavy (non-hydrogen) atoms. The smallest absolute Gasteiger partial charge is 0.124 e. The molecule has 2 aromatic carbocycles. The molecule has 1 N–H and O–H groups in total. The zero-order chi connectivity index (χ0) is 16.1. The van der Waals surface area contributed by atoms with Crippen LogP contribution >= 0.6 is 15.9 Å². The average molecular weight is 373 g/mol. The lowest BCUT2D eigenvalue weighted by Crippen LogP contribution is -2.27. The Morgan fingerprint density at radius 3 is 2.61 bits per heavy atom. The van der Waals surface area contributed by atoms with Gasteiger partial charge in [-0.05, 0) is 49.7 Å². The summed E-state index contributed by atoms with van der Waals surface area (Å²) in [6.07, 6.45) is 4.30. The van der Waals surface area contributed by atoms with Gasteiger partial charge in [0.1, 0.15) is 5.75 Å². The van der Waals surface area contributed by atoms with Gasteiger partial charge >= 0.3 is 0 Å². The monoisotopic (exact) mass is 372 g/mol. The van der Waals surface area contributed by atoms with Crippen LogP contribution in [-0.2, 0) is 0 Å². The molecule has 0 radical (unpaired) electrons. The average Bonchev–Trinajstić information content (AvgIpc) is 3.09. The van der Waals surface area contributed by atoms with Gasteiger partial charge in [-0.15, -0.1) is 0 Å².